The molecule has 1 amide bonds. The molecule has 1 aliphatic rings. The molecule has 3 aromatic carbocycles. The minimum Gasteiger partial charge on any atom is -0.496 e. The molecule has 7 heteroatoms. The van der Waals surface area contributed by atoms with E-state index in [-0.39, 0.29) is 17.2 Å². The van der Waals surface area contributed by atoms with E-state index in [4.69, 9.17) is 9.84 Å². The van der Waals surface area contributed by atoms with Gasteiger partial charge in [-0.2, -0.15) is 0 Å². The molecule has 0 radical (unpaired) electrons. The number of anilines is 1. The highest BCUT2D eigenvalue weighted by Crippen LogP contribution is 2.32. The van der Waals surface area contributed by atoms with Gasteiger partial charge in [-0.3, -0.25) is 9.69 Å². The first-order valence-corrected chi connectivity index (χ1v) is 10.1. The summed E-state index contributed by atoms with van der Waals surface area (Å²) in [7, 11) is 1.57. The Morgan fingerprint density at radius 2 is 1.81 bits per heavy atom. The Labute approximate surface area is 187 Å². The second-order valence-electron chi connectivity index (χ2n) is 6.71. The van der Waals surface area contributed by atoms with Gasteiger partial charge in [-0.25, -0.2) is 9.79 Å². The molecule has 0 spiro atoms. The molecule has 3 aromatic rings. The predicted molar refractivity (Wildman–Crippen MR) is 123 cm³/mol. The molecule has 1 aliphatic heterocycles. The lowest BCUT2D eigenvalue weighted by atomic mass is 10.1. The average Bonchev–Trinajstić information content (AvgIpc) is 3.09. The topological polar surface area (TPSA) is 79.2 Å². The minimum absolute atomic E-state index is 0.175. The van der Waals surface area contributed by atoms with Crippen LogP contribution in [-0.2, 0) is 4.79 Å². The number of hydrogen-bond acceptors (Lipinski definition) is 4. The fourth-order valence-corrected chi connectivity index (χ4v) is 3.65. The molecule has 0 aliphatic carbocycles. The lowest BCUT2D eigenvalue weighted by molar-refractivity contribution is -0.113. The molecule has 0 saturated carbocycles. The first-order chi connectivity index (χ1) is 15.0. The van der Waals surface area contributed by atoms with Gasteiger partial charge in [0.1, 0.15) is 11.4 Å². The fourth-order valence-electron chi connectivity index (χ4n) is 3.26. The third kappa shape index (κ3) is 4.13. The summed E-state index contributed by atoms with van der Waals surface area (Å²) in [5, 5.41) is 9.08. The van der Waals surface area contributed by atoms with Crippen LogP contribution in [-0.4, -0.2) is 29.9 Å². The van der Waals surface area contributed by atoms with Gasteiger partial charge in [-0.1, -0.05) is 46.3 Å². The summed E-state index contributed by atoms with van der Waals surface area (Å²) in [6, 6.07) is 21.0. The number of aromatic carboxylic acids is 1. The van der Waals surface area contributed by atoms with Crippen molar-refractivity contribution in [1.29, 1.82) is 0 Å². The van der Waals surface area contributed by atoms with Gasteiger partial charge in [-0.05, 0) is 54.1 Å². The van der Waals surface area contributed by atoms with Crippen molar-refractivity contribution in [1.82, 2.24) is 0 Å². The number of ether oxygens (including phenoxy) is 1. The van der Waals surface area contributed by atoms with E-state index in [1.54, 1.807) is 30.2 Å². The number of carboxylic acids is 1. The number of amides is 1. The van der Waals surface area contributed by atoms with Gasteiger partial charge < -0.3 is 9.84 Å². The Kier molecular flexibility index (Phi) is 5.68. The van der Waals surface area contributed by atoms with Gasteiger partial charge in [0.05, 0.1) is 23.9 Å². The van der Waals surface area contributed by atoms with Crippen LogP contribution in [0.5, 0.6) is 5.75 Å². The summed E-state index contributed by atoms with van der Waals surface area (Å²) in [4.78, 5) is 30.6. The van der Waals surface area contributed by atoms with Crippen molar-refractivity contribution in [3.05, 3.63) is 99.7 Å². The molecule has 6 nitrogen and oxygen atoms in total. The van der Waals surface area contributed by atoms with E-state index >= 15 is 0 Å². The van der Waals surface area contributed by atoms with Crippen LogP contribution in [0.2, 0.25) is 0 Å². The number of para-hydroxylation sites is 1. The van der Waals surface area contributed by atoms with Gasteiger partial charge in [0.15, 0.2) is 5.84 Å². The van der Waals surface area contributed by atoms with E-state index in [9.17, 15) is 9.59 Å². The highest BCUT2D eigenvalue weighted by atomic mass is 79.9. The van der Waals surface area contributed by atoms with Gasteiger partial charge in [0.25, 0.3) is 5.91 Å². The van der Waals surface area contributed by atoms with Crippen molar-refractivity contribution in [2.24, 2.45) is 4.99 Å². The highest BCUT2D eigenvalue weighted by Gasteiger charge is 2.33. The van der Waals surface area contributed by atoms with Crippen LogP contribution in [0.1, 0.15) is 21.5 Å². The number of methoxy groups -OCH3 is 1. The maximum absolute atomic E-state index is 13.4. The van der Waals surface area contributed by atoms with Crippen LogP contribution in [0.25, 0.3) is 6.08 Å². The molecule has 0 unspecified atom stereocenters. The predicted octanol–water partition coefficient (Wildman–Crippen LogP) is 4.99. The second-order valence-corrected chi connectivity index (χ2v) is 7.63. The molecule has 0 atom stereocenters. The normalized spacial score (nSPS) is 14.6. The third-order valence-corrected chi connectivity index (χ3v) is 5.23. The van der Waals surface area contributed by atoms with E-state index in [2.05, 4.69) is 20.9 Å². The zero-order valence-electron chi connectivity index (χ0n) is 16.4. The molecule has 0 aromatic heterocycles. The number of halogens is 1. The van der Waals surface area contributed by atoms with Crippen LogP contribution < -0.4 is 9.64 Å². The molecule has 1 N–H and O–H groups in total. The van der Waals surface area contributed by atoms with Gasteiger partial charge >= 0.3 is 5.97 Å². The molecular weight excluding hydrogens is 460 g/mol. The van der Waals surface area contributed by atoms with Crippen molar-refractivity contribution in [3.63, 3.8) is 0 Å². The number of amidine groups is 1. The maximum Gasteiger partial charge on any atom is 0.335 e. The standard InChI is InChI=1S/C24H17BrN2O4/c1-31-21-8-3-2-7-19(21)22-26-20(13-15-9-11-16(12-10-15)24(29)30)23(28)27(22)18-6-4-5-17(25)14-18/h2-14H,1H3,(H,29,30)/b20-13+. The fraction of sp³-hybridized carbons (Fsp3) is 0.0417. The number of benzene rings is 3. The van der Waals surface area contributed by atoms with Crippen LogP contribution in [0.4, 0.5) is 5.69 Å². The largest absolute Gasteiger partial charge is 0.496 e. The quantitative estimate of drug-likeness (QED) is 0.526. The molecule has 154 valence electrons. The third-order valence-electron chi connectivity index (χ3n) is 4.74. The monoisotopic (exact) mass is 476 g/mol. The second kappa shape index (κ2) is 8.57. The lowest BCUT2D eigenvalue weighted by Crippen LogP contribution is -2.32. The zero-order chi connectivity index (χ0) is 22.0. The summed E-state index contributed by atoms with van der Waals surface area (Å²) in [6.45, 7) is 0. The molecular formula is C24H17BrN2O4. The smallest absolute Gasteiger partial charge is 0.335 e. The van der Waals surface area contributed by atoms with Crippen LogP contribution >= 0.6 is 15.9 Å². The lowest BCUT2D eigenvalue weighted by Gasteiger charge is -2.20. The Hall–Kier alpha value is -3.71. The number of carbonyl (C=O) groups excluding carboxylic acids is 1. The molecule has 0 saturated heterocycles. The van der Waals surface area contributed by atoms with Crippen molar-refractivity contribution in [2.75, 3.05) is 12.0 Å². The number of nitrogens with zero attached hydrogens (tertiary/aromatic N) is 2. The number of rotatable bonds is 5. The first-order valence-electron chi connectivity index (χ1n) is 9.35. The minimum atomic E-state index is -1.01. The molecule has 31 heavy (non-hydrogen) atoms. The van der Waals surface area contributed by atoms with Gasteiger partial charge in [0.2, 0.25) is 0 Å². The van der Waals surface area contributed by atoms with Crippen molar-refractivity contribution in [2.45, 2.75) is 0 Å². The van der Waals surface area contributed by atoms with E-state index in [0.717, 1.165) is 4.47 Å². The van der Waals surface area contributed by atoms with E-state index in [0.29, 0.717) is 28.4 Å². The number of carboxylic acid groups (broad SMARTS) is 1. The Morgan fingerprint density at radius 3 is 2.48 bits per heavy atom. The van der Waals surface area contributed by atoms with Crippen molar-refractivity contribution < 1.29 is 19.4 Å². The number of aliphatic imine (C=N–C) groups is 1. The van der Waals surface area contributed by atoms with Crippen LogP contribution in [0.3, 0.4) is 0 Å². The molecule has 4 rings (SSSR count). The van der Waals surface area contributed by atoms with E-state index in [1.807, 2.05) is 48.5 Å². The molecule has 0 bridgehead atoms. The van der Waals surface area contributed by atoms with Gasteiger partial charge in [-0.15, -0.1) is 0 Å². The van der Waals surface area contributed by atoms with Crippen molar-refractivity contribution >= 4 is 45.4 Å². The Bertz CT molecular complexity index is 1230. The van der Waals surface area contributed by atoms with E-state index in [1.165, 1.54) is 12.1 Å². The summed E-state index contributed by atoms with van der Waals surface area (Å²) in [5.41, 5.74) is 2.43. The Balaban J connectivity index is 1.83. The van der Waals surface area contributed by atoms with Crippen LogP contribution in [0.15, 0.2) is 88.0 Å². The Morgan fingerprint density at radius 1 is 1.06 bits per heavy atom. The van der Waals surface area contributed by atoms with Crippen LogP contribution in [0, 0.1) is 0 Å². The van der Waals surface area contributed by atoms with E-state index < -0.39 is 5.97 Å². The number of hydrogen-bond donors (Lipinski definition) is 1. The molecule has 0 fully saturated rings. The zero-order valence-corrected chi connectivity index (χ0v) is 18.0. The summed E-state index contributed by atoms with van der Waals surface area (Å²) in [6.07, 6.45) is 1.64. The highest BCUT2D eigenvalue weighted by molar-refractivity contribution is 9.10. The number of carbonyl (C=O) groups is 2. The average molecular weight is 477 g/mol. The maximum atomic E-state index is 13.4. The summed E-state index contributed by atoms with van der Waals surface area (Å²) < 4.78 is 6.32. The first kappa shape index (κ1) is 20.6. The molecule has 1 heterocycles. The SMILES string of the molecule is COc1ccccc1C1=N/C(=C/c2ccc(C(=O)O)cc2)C(=O)N1c1cccc(Br)c1. The van der Waals surface area contributed by atoms with Crippen molar-refractivity contribution in [3.8, 4) is 5.75 Å². The summed E-state index contributed by atoms with van der Waals surface area (Å²) >= 11 is 3.46. The van der Waals surface area contributed by atoms with Gasteiger partial charge in [0, 0.05) is 4.47 Å². The summed E-state index contributed by atoms with van der Waals surface area (Å²) in [5.74, 6) is -0.246.